The Morgan fingerprint density at radius 1 is 1.41 bits per heavy atom. The summed E-state index contributed by atoms with van der Waals surface area (Å²) in [4.78, 5) is 25.5. The summed E-state index contributed by atoms with van der Waals surface area (Å²) in [6, 6.07) is -0.189. The van der Waals surface area contributed by atoms with Gasteiger partial charge >= 0.3 is 6.09 Å². The van der Waals surface area contributed by atoms with Gasteiger partial charge in [0.1, 0.15) is 5.60 Å². The standard InChI is InChI=1S/C13H19NO3/c1-13(2,3)17-12(16)14-9-5-4-6-11(15)10(14)8-7-9/h4,6,9-10H,5,7-8H2,1-3H3. The van der Waals surface area contributed by atoms with Gasteiger partial charge in [0, 0.05) is 6.04 Å². The molecule has 1 amide bonds. The van der Waals surface area contributed by atoms with Gasteiger partial charge in [-0.05, 0) is 46.1 Å². The first-order chi connectivity index (χ1) is 7.88. The molecule has 2 aliphatic heterocycles. The van der Waals surface area contributed by atoms with Gasteiger partial charge in [0.15, 0.2) is 5.78 Å². The van der Waals surface area contributed by atoms with Crippen molar-refractivity contribution in [2.24, 2.45) is 0 Å². The molecule has 2 bridgehead atoms. The summed E-state index contributed by atoms with van der Waals surface area (Å²) < 4.78 is 5.37. The fraction of sp³-hybridized carbons (Fsp3) is 0.692. The molecule has 0 aromatic heterocycles. The maximum Gasteiger partial charge on any atom is 0.411 e. The molecule has 2 unspecified atom stereocenters. The molecule has 2 aliphatic rings. The Balaban J connectivity index is 2.16. The van der Waals surface area contributed by atoms with Crippen molar-refractivity contribution in [3.8, 4) is 0 Å². The van der Waals surface area contributed by atoms with Crippen molar-refractivity contribution in [1.29, 1.82) is 0 Å². The topological polar surface area (TPSA) is 46.6 Å². The van der Waals surface area contributed by atoms with E-state index in [4.69, 9.17) is 4.74 Å². The summed E-state index contributed by atoms with van der Waals surface area (Å²) >= 11 is 0. The number of hydrogen-bond acceptors (Lipinski definition) is 3. The molecule has 0 saturated carbocycles. The zero-order valence-corrected chi connectivity index (χ0v) is 10.6. The van der Waals surface area contributed by atoms with Gasteiger partial charge < -0.3 is 4.74 Å². The quantitative estimate of drug-likeness (QED) is 0.649. The highest BCUT2D eigenvalue weighted by atomic mass is 16.6. The molecule has 1 saturated heterocycles. The number of fused-ring (bicyclic) bond motifs is 2. The highest BCUT2D eigenvalue weighted by Crippen LogP contribution is 2.31. The molecule has 4 heteroatoms. The van der Waals surface area contributed by atoms with Crippen molar-refractivity contribution in [2.45, 2.75) is 57.7 Å². The molecular formula is C13H19NO3. The van der Waals surface area contributed by atoms with Gasteiger partial charge in [-0.3, -0.25) is 9.69 Å². The van der Waals surface area contributed by atoms with Crippen LogP contribution in [-0.4, -0.2) is 34.5 Å². The summed E-state index contributed by atoms with van der Waals surface area (Å²) in [7, 11) is 0. The third kappa shape index (κ3) is 2.51. The zero-order chi connectivity index (χ0) is 12.6. The minimum Gasteiger partial charge on any atom is -0.444 e. The second-order valence-corrected chi connectivity index (χ2v) is 5.68. The smallest absolute Gasteiger partial charge is 0.411 e. The van der Waals surface area contributed by atoms with Crippen LogP contribution >= 0.6 is 0 Å². The predicted molar refractivity (Wildman–Crippen MR) is 63.6 cm³/mol. The van der Waals surface area contributed by atoms with Crippen molar-refractivity contribution in [2.75, 3.05) is 0 Å². The average Bonchev–Trinajstić information content (AvgIpc) is 2.50. The number of carbonyl (C=O) groups excluding carboxylic acids is 2. The summed E-state index contributed by atoms with van der Waals surface area (Å²) in [5, 5.41) is 0. The molecule has 2 atom stereocenters. The third-order valence-corrected chi connectivity index (χ3v) is 3.13. The van der Waals surface area contributed by atoms with Crippen molar-refractivity contribution in [1.82, 2.24) is 4.90 Å². The Hall–Kier alpha value is -1.32. The van der Waals surface area contributed by atoms with Crippen LogP contribution in [-0.2, 0) is 9.53 Å². The van der Waals surface area contributed by atoms with Crippen molar-refractivity contribution in [3.05, 3.63) is 12.2 Å². The van der Waals surface area contributed by atoms with Gasteiger partial charge in [-0.2, -0.15) is 0 Å². The molecule has 94 valence electrons. The van der Waals surface area contributed by atoms with E-state index in [0.29, 0.717) is 0 Å². The minimum atomic E-state index is -0.515. The van der Waals surface area contributed by atoms with Crippen LogP contribution < -0.4 is 0 Å². The van der Waals surface area contributed by atoms with Crippen LogP contribution in [0.25, 0.3) is 0 Å². The number of nitrogens with zero attached hydrogens (tertiary/aromatic N) is 1. The molecule has 0 spiro atoms. The Morgan fingerprint density at radius 3 is 2.76 bits per heavy atom. The molecule has 0 aliphatic carbocycles. The summed E-state index contributed by atoms with van der Waals surface area (Å²) in [5.74, 6) is 0.0239. The van der Waals surface area contributed by atoms with Crippen molar-refractivity contribution >= 4 is 11.9 Å². The predicted octanol–water partition coefficient (Wildman–Crippen LogP) is 2.28. The van der Waals surface area contributed by atoms with Crippen LogP contribution in [0.5, 0.6) is 0 Å². The Morgan fingerprint density at radius 2 is 2.12 bits per heavy atom. The van der Waals surface area contributed by atoms with Gasteiger partial charge in [-0.1, -0.05) is 6.08 Å². The number of hydrogen-bond donors (Lipinski definition) is 0. The summed E-state index contributed by atoms with van der Waals surface area (Å²) in [6.07, 6.45) is 5.50. The van der Waals surface area contributed by atoms with E-state index in [9.17, 15) is 9.59 Å². The van der Waals surface area contributed by atoms with Crippen LogP contribution in [0.4, 0.5) is 4.79 Å². The lowest BCUT2D eigenvalue weighted by Crippen LogP contribution is -2.45. The van der Waals surface area contributed by atoms with E-state index in [1.54, 1.807) is 11.0 Å². The zero-order valence-electron chi connectivity index (χ0n) is 10.6. The second-order valence-electron chi connectivity index (χ2n) is 5.68. The van der Waals surface area contributed by atoms with Crippen molar-refractivity contribution in [3.63, 3.8) is 0 Å². The van der Waals surface area contributed by atoms with E-state index in [0.717, 1.165) is 19.3 Å². The highest BCUT2D eigenvalue weighted by Gasteiger charge is 2.42. The SMILES string of the molecule is CC(C)(C)OC(=O)N1C2CC=CC(=O)C1CC2. The number of amides is 1. The number of rotatable bonds is 0. The fourth-order valence-electron chi connectivity index (χ4n) is 2.44. The molecule has 0 aromatic rings. The first-order valence-corrected chi connectivity index (χ1v) is 6.10. The molecule has 17 heavy (non-hydrogen) atoms. The largest absolute Gasteiger partial charge is 0.444 e. The van der Waals surface area contributed by atoms with Gasteiger partial charge in [0.05, 0.1) is 6.04 Å². The van der Waals surface area contributed by atoms with E-state index in [2.05, 4.69) is 0 Å². The van der Waals surface area contributed by atoms with Gasteiger partial charge in [0.25, 0.3) is 0 Å². The average molecular weight is 237 g/mol. The highest BCUT2D eigenvalue weighted by molar-refractivity contribution is 5.97. The van der Waals surface area contributed by atoms with Crippen LogP contribution in [0.2, 0.25) is 0 Å². The first kappa shape index (κ1) is 12.1. The second kappa shape index (κ2) is 4.17. The van der Waals surface area contributed by atoms with Gasteiger partial charge in [-0.25, -0.2) is 4.79 Å². The van der Waals surface area contributed by atoms with E-state index < -0.39 is 5.60 Å². The maximum absolute atomic E-state index is 12.1. The van der Waals surface area contributed by atoms with E-state index >= 15 is 0 Å². The normalized spacial score (nSPS) is 28.2. The Kier molecular flexibility index (Phi) is 2.98. The number of ketones is 1. The van der Waals surface area contributed by atoms with E-state index in [1.165, 1.54) is 0 Å². The van der Waals surface area contributed by atoms with Crippen molar-refractivity contribution < 1.29 is 14.3 Å². The van der Waals surface area contributed by atoms with Crippen LogP contribution in [0.15, 0.2) is 12.2 Å². The molecule has 0 aromatic carbocycles. The summed E-state index contributed by atoms with van der Waals surface area (Å²) in [6.45, 7) is 5.51. The first-order valence-electron chi connectivity index (χ1n) is 6.10. The molecule has 1 fully saturated rings. The maximum atomic E-state index is 12.1. The van der Waals surface area contributed by atoms with E-state index in [1.807, 2.05) is 26.8 Å². The Bertz CT molecular complexity index is 367. The third-order valence-electron chi connectivity index (χ3n) is 3.13. The lowest BCUT2D eigenvalue weighted by molar-refractivity contribution is -0.118. The lowest BCUT2D eigenvalue weighted by atomic mass is 10.1. The fourth-order valence-corrected chi connectivity index (χ4v) is 2.44. The molecule has 2 heterocycles. The van der Waals surface area contributed by atoms with Gasteiger partial charge in [-0.15, -0.1) is 0 Å². The molecule has 0 N–H and O–H groups in total. The monoisotopic (exact) mass is 237 g/mol. The number of ether oxygens (including phenoxy) is 1. The summed E-state index contributed by atoms with van der Waals surface area (Å²) in [5.41, 5.74) is -0.515. The van der Waals surface area contributed by atoms with Crippen LogP contribution in [0.1, 0.15) is 40.0 Å². The molecule has 2 rings (SSSR count). The van der Waals surface area contributed by atoms with Crippen LogP contribution in [0, 0.1) is 0 Å². The lowest BCUT2D eigenvalue weighted by Gasteiger charge is -2.30. The van der Waals surface area contributed by atoms with E-state index in [-0.39, 0.29) is 24.0 Å². The van der Waals surface area contributed by atoms with Gasteiger partial charge in [0.2, 0.25) is 0 Å². The Labute approximate surface area is 102 Å². The molecule has 0 radical (unpaired) electrons. The molecule has 4 nitrogen and oxygen atoms in total. The minimum absolute atomic E-state index is 0.0239. The van der Waals surface area contributed by atoms with Crippen LogP contribution in [0.3, 0.4) is 0 Å². The molecular weight excluding hydrogens is 218 g/mol. The number of carbonyl (C=O) groups is 2.